The van der Waals surface area contributed by atoms with E-state index < -0.39 is 11.9 Å². The highest BCUT2D eigenvalue weighted by molar-refractivity contribution is 5.84. The summed E-state index contributed by atoms with van der Waals surface area (Å²) in [4.78, 5) is 15.7. The summed E-state index contributed by atoms with van der Waals surface area (Å²) < 4.78 is 5.71. The van der Waals surface area contributed by atoms with Gasteiger partial charge in [-0.3, -0.25) is 4.89 Å². The van der Waals surface area contributed by atoms with Gasteiger partial charge in [-0.1, -0.05) is 36.4 Å². The smallest absolute Gasteiger partial charge is 0.354 e. The fourth-order valence-electron chi connectivity index (χ4n) is 2.22. The molecular weight excluding hydrogens is 232 g/mol. The molecule has 4 nitrogen and oxygen atoms in total. The van der Waals surface area contributed by atoms with Crippen molar-refractivity contribution in [1.29, 1.82) is 0 Å². The van der Waals surface area contributed by atoms with Crippen molar-refractivity contribution in [3.63, 3.8) is 0 Å². The number of carbonyl (C=O) groups excluding carboxylic acids is 1. The van der Waals surface area contributed by atoms with Crippen LogP contribution in [-0.2, 0) is 9.68 Å². The number of hydrogen-bond donors (Lipinski definition) is 1. The number of para-hydroxylation sites is 2. The lowest BCUT2D eigenvalue weighted by atomic mass is 9.88. The maximum absolute atomic E-state index is 11.8. The molecule has 0 saturated heterocycles. The lowest BCUT2D eigenvalue weighted by Crippen LogP contribution is -2.20. The third-order valence-corrected chi connectivity index (χ3v) is 3.01. The molecule has 1 aliphatic rings. The Balaban J connectivity index is 2.20. The van der Waals surface area contributed by atoms with Gasteiger partial charge in [0.2, 0.25) is 0 Å². The zero-order valence-electron chi connectivity index (χ0n) is 9.37. The molecule has 1 N–H and O–H groups in total. The fourth-order valence-corrected chi connectivity index (χ4v) is 2.22. The molecule has 90 valence electrons. The molecule has 0 aromatic heterocycles. The van der Waals surface area contributed by atoms with Crippen LogP contribution in [0.25, 0.3) is 0 Å². The second-order valence-electron chi connectivity index (χ2n) is 4.02. The Hall–Kier alpha value is -2.33. The van der Waals surface area contributed by atoms with E-state index >= 15 is 0 Å². The summed E-state index contributed by atoms with van der Waals surface area (Å²) in [5, 5.41) is 8.65. The predicted octanol–water partition coefficient (Wildman–Crippen LogP) is 2.94. The molecule has 4 heteroatoms. The van der Waals surface area contributed by atoms with Gasteiger partial charge in [0.05, 0.1) is 0 Å². The number of carbonyl (C=O) groups is 1. The molecule has 0 aliphatic carbocycles. The van der Waals surface area contributed by atoms with Crippen LogP contribution < -0.4 is 4.74 Å². The van der Waals surface area contributed by atoms with Gasteiger partial charge >= 0.3 is 5.97 Å². The zero-order chi connectivity index (χ0) is 12.5. The summed E-state index contributed by atoms with van der Waals surface area (Å²) in [5.41, 5.74) is 1.38. The summed E-state index contributed by atoms with van der Waals surface area (Å²) in [6.07, 6.45) is 0. The van der Waals surface area contributed by atoms with Crippen LogP contribution >= 0.6 is 0 Å². The lowest BCUT2D eigenvalue weighted by molar-refractivity contribution is -0.235. The van der Waals surface area contributed by atoms with Gasteiger partial charge < -0.3 is 4.74 Å². The quantitative estimate of drug-likeness (QED) is 0.617. The molecule has 0 radical (unpaired) electrons. The highest BCUT2D eigenvalue weighted by Gasteiger charge is 2.33. The average Bonchev–Trinajstić information content (AvgIpc) is 2.44. The molecule has 1 aliphatic heterocycles. The Morgan fingerprint density at radius 3 is 2.00 bits per heavy atom. The Morgan fingerprint density at radius 2 is 1.50 bits per heavy atom. The van der Waals surface area contributed by atoms with Crippen molar-refractivity contribution >= 4 is 5.97 Å². The van der Waals surface area contributed by atoms with Crippen LogP contribution in [0.3, 0.4) is 0 Å². The van der Waals surface area contributed by atoms with Crippen LogP contribution in [0.15, 0.2) is 48.5 Å². The van der Waals surface area contributed by atoms with Crippen molar-refractivity contribution < 1.29 is 19.7 Å². The molecule has 18 heavy (non-hydrogen) atoms. The predicted molar refractivity (Wildman–Crippen MR) is 63.5 cm³/mol. The van der Waals surface area contributed by atoms with Crippen LogP contribution in [0, 0.1) is 0 Å². The van der Waals surface area contributed by atoms with Gasteiger partial charge in [0.15, 0.2) is 0 Å². The molecule has 0 unspecified atom stereocenters. The number of benzene rings is 2. The van der Waals surface area contributed by atoms with Gasteiger partial charge in [-0.05, 0) is 12.1 Å². The molecule has 0 atom stereocenters. The van der Waals surface area contributed by atoms with Gasteiger partial charge in [-0.25, -0.2) is 4.79 Å². The van der Waals surface area contributed by atoms with Crippen molar-refractivity contribution in [1.82, 2.24) is 0 Å². The molecule has 2 aromatic rings. The van der Waals surface area contributed by atoms with E-state index in [-0.39, 0.29) is 0 Å². The second kappa shape index (κ2) is 4.16. The van der Waals surface area contributed by atoms with E-state index in [1.807, 2.05) is 24.3 Å². The van der Waals surface area contributed by atoms with Crippen molar-refractivity contribution in [3.05, 3.63) is 59.7 Å². The van der Waals surface area contributed by atoms with Crippen LogP contribution in [0.1, 0.15) is 17.0 Å². The average molecular weight is 242 g/mol. The number of rotatable bonds is 1. The Bertz CT molecular complexity index is 561. The van der Waals surface area contributed by atoms with Crippen LogP contribution in [0.2, 0.25) is 0 Å². The van der Waals surface area contributed by atoms with E-state index in [2.05, 4.69) is 4.89 Å². The van der Waals surface area contributed by atoms with Gasteiger partial charge in [0, 0.05) is 11.1 Å². The van der Waals surface area contributed by atoms with E-state index in [9.17, 15) is 4.79 Å². The van der Waals surface area contributed by atoms with E-state index in [1.165, 1.54) is 0 Å². The number of fused-ring (bicyclic) bond motifs is 2. The highest BCUT2D eigenvalue weighted by atomic mass is 17.1. The summed E-state index contributed by atoms with van der Waals surface area (Å²) in [6.45, 7) is 0. The molecule has 0 bridgehead atoms. The van der Waals surface area contributed by atoms with E-state index in [4.69, 9.17) is 9.99 Å². The fraction of sp³-hybridized carbons (Fsp3) is 0.0714. The molecule has 0 spiro atoms. The molecular formula is C14H10O4. The first-order valence-corrected chi connectivity index (χ1v) is 5.52. The SMILES string of the molecule is O=C(OO)C1c2ccccc2Oc2ccccc21. The molecule has 0 amide bonds. The Labute approximate surface area is 103 Å². The van der Waals surface area contributed by atoms with Gasteiger partial charge in [0.25, 0.3) is 0 Å². The van der Waals surface area contributed by atoms with Crippen LogP contribution in [0.4, 0.5) is 0 Å². The van der Waals surface area contributed by atoms with Crippen molar-refractivity contribution in [2.45, 2.75) is 5.92 Å². The normalized spacial score (nSPS) is 13.2. The largest absolute Gasteiger partial charge is 0.457 e. The summed E-state index contributed by atoms with van der Waals surface area (Å²) >= 11 is 0. The third-order valence-electron chi connectivity index (χ3n) is 3.01. The number of ether oxygens (including phenoxy) is 1. The minimum Gasteiger partial charge on any atom is -0.457 e. The number of hydrogen-bond acceptors (Lipinski definition) is 4. The van der Waals surface area contributed by atoms with E-state index in [0.717, 1.165) is 0 Å². The maximum atomic E-state index is 11.8. The highest BCUT2D eigenvalue weighted by Crippen LogP contribution is 2.44. The van der Waals surface area contributed by atoms with E-state index in [0.29, 0.717) is 22.6 Å². The summed E-state index contributed by atoms with van der Waals surface area (Å²) in [7, 11) is 0. The lowest BCUT2D eigenvalue weighted by Gasteiger charge is -2.25. The standard InChI is InChI=1S/C14H10O4/c15-14(18-16)13-9-5-1-3-7-11(9)17-12-8-4-2-6-10(12)13/h1-8,13,16H. The van der Waals surface area contributed by atoms with Crippen LogP contribution in [0.5, 0.6) is 11.5 Å². The summed E-state index contributed by atoms with van der Waals surface area (Å²) in [5.74, 6) is -0.160. The Kier molecular flexibility index (Phi) is 2.50. The third kappa shape index (κ3) is 1.55. The van der Waals surface area contributed by atoms with Crippen molar-refractivity contribution in [2.24, 2.45) is 0 Å². The summed E-state index contributed by atoms with van der Waals surface area (Å²) in [6, 6.07) is 14.4. The minimum absolute atomic E-state index is 0.603. The monoisotopic (exact) mass is 242 g/mol. The molecule has 1 heterocycles. The minimum atomic E-state index is -0.710. The molecule has 2 aromatic carbocycles. The van der Waals surface area contributed by atoms with Gasteiger partial charge in [-0.15, -0.1) is 0 Å². The second-order valence-corrected chi connectivity index (χ2v) is 4.02. The Morgan fingerprint density at radius 1 is 1.00 bits per heavy atom. The first-order valence-electron chi connectivity index (χ1n) is 5.52. The van der Waals surface area contributed by atoms with Crippen LogP contribution in [-0.4, -0.2) is 11.2 Å². The van der Waals surface area contributed by atoms with Crippen molar-refractivity contribution in [2.75, 3.05) is 0 Å². The van der Waals surface area contributed by atoms with Gasteiger partial charge in [0.1, 0.15) is 17.4 Å². The first-order chi connectivity index (χ1) is 8.81. The first kappa shape index (κ1) is 10.8. The van der Waals surface area contributed by atoms with Crippen molar-refractivity contribution in [3.8, 4) is 11.5 Å². The maximum Gasteiger partial charge on any atom is 0.354 e. The zero-order valence-corrected chi connectivity index (χ0v) is 9.37. The molecule has 3 rings (SSSR count). The topological polar surface area (TPSA) is 55.8 Å². The van der Waals surface area contributed by atoms with E-state index in [1.54, 1.807) is 24.3 Å². The molecule has 0 saturated carbocycles. The molecule has 0 fully saturated rings. The van der Waals surface area contributed by atoms with Gasteiger partial charge in [-0.2, -0.15) is 5.26 Å².